The molecule has 2 aliphatic carbocycles. The number of nitrogens with zero attached hydrogens (tertiary/aromatic N) is 3. The number of carbonyl (C=O) groups excluding carboxylic acids is 1. The molecule has 4 aromatic rings. The quantitative estimate of drug-likeness (QED) is 0.0379. The highest BCUT2D eigenvalue weighted by Gasteiger charge is 2.65. The van der Waals surface area contributed by atoms with Crippen molar-refractivity contribution >= 4 is 17.5 Å². The number of nitro groups is 1. The second kappa shape index (κ2) is 20.7. The van der Waals surface area contributed by atoms with Crippen LogP contribution in [0.25, 0.3) is 0 Å². The van der Waals surface area contributed by atoms with Crippen molar-refractivity contribution in [3.8, 4) is 17.2 Å². The maximum Gasteiger partial charge on any atom is 0.410 e. The normalized spacial score (nSPS) is 22.9. The van der Waals surface area contributed by atoms with Crippen LogP contribution in [0.4, 0.5) is 10.5 Å². The third-order valence-electron chi connectivity index (χ3n) is 12.1. The lowest BCUT2D eigenvalue weighted by atomic mass is 9.55. The monoisotopic (exact) mass is 845 g/mol. The summed E-state index contributed by atoms with van der Waals surface area (Å²) in [4.78, 5) is 33.1. The molecule has 62 heavy (non-hydrogen) atoms. The van der Waals surface area contributed by atoms with Crippen LogP contribution in [-0.4, -0.2) is 70.5 Å². The number of rotatable bonds is 20. The maximum atomic E-state index is 14.2. The van der Waals surface area contributed by atoms with Gasteiger partial charge in [-0.25, -0.2) is 4.79 Å². The molecular formula is C49H55N3O10. The molecule has 0 spiro atoms. The number of amides is 1. The van der Waals surface area contributed by atoms with Gasteiger partial charge in [0.2, 0.25) is 5.79 Å². The number of unbranched alkanes of at least 4 members (excludes halogenated alkanes) is 2. The van der Waals surface area contributed by atoms with Crippen molar-refractivity contribution < 1.29 is 43.7 Å². The Hall–Kier alpha value is -6.02. The molecule has 1 amide bonds. The fourth-order valence-corrected chi connectivity index (χ4v) is 9.30. The maximum absolute atomic E-state index is 14.2. The third-order valence-corrected chi connectivity index (χ3v) is 12.1. The van der Waals surface area contributed by atoms with Crippen molar-refractivity contribution in [3.63, 3.8) is 0 Å². The summed E-state index contributed by atoms with van der Waals surface area (Å²) in [5, 5.41) is 36.3. The van der Waals surface area contributed by atoms with Crippen molar-refractivity contribution in [2.75, 3.05) is 26.9 Å². The summed E-state index contributed by atoms with van der Waals surface area (Å²) < 4.78 is 26.4. The van der Waals surface area contributed by atoms with Gasteiger partial charge in [-0.05, 0) is 78.5 Å². The van der Waals surface area contributed by atoms with Crippen LogP contribution in [0.5, 0.6) is 17.2 Å². The molecule has 3 aliphatic rings. The lowest BCUT2D eigenvalue weighted by Crippen LogP contribution is -2.69. The van der Waals surface area contributed by atoms with Gasteiger partial charge in [0.05, 0.1) is 29.2 Å². The van der Waals surface area contributed by atoms with Crippen LogP contribution in [0.3, 0.4) is 0 Å². The van der Waals surface area contributed by atoms with Gasteiger partial charge in [0, 0.05) is 44.2 Å². The molecule has 6 atom stereocenters. The Morgan fingerprint density at radius 2 is 1.61 bits per heavy atom. The highest BCUT2D eigenvalue weighted by atomic mass is 16.7. The largest absolute Gasteiger partial charge is 0.459 e. The van der Waals surface area contributed by atoms with E-state index < -0.39 is 28.8 Å². The Kier molecular flexibility index (Phi) is 14.7. The number of aliphatic hydroxyl groups excluding tert-OH is 2. The molecule has 0 bridgehead atoms. The van der Waals surface area contributed by atoms with Crippen LogP contribution in [0, 0.1) is 27.9 Å². The summed E-state index contributed by atoms with van der Waals surface area (Å²) in [5.74, 6) is -0.996. The number of ether oxygens (including phenoxy) is 4. The van der Waals surface area contributed by atoms with E-state index in [1.54, 1.807) is 36.2 Å². The molecule has 0 aromatic heterocycles. The number of hydrogen-bond donors (Lipinski definition) is 2. The Bertz CT molecular complexity index is 2220. The fourth-order valence-electron chi connectivity index (χ4n) is 9.30. The molecule has 13 nitrogen and oxygen atoms in total. The number of allylic oxidation sites excluding steroid dienone is 1. The lowest BCUT2D eigenvalue weighted by molar-refractivity contribution is -0.384. The lowest BCUT2D eigenvalue weighted by Gasteiger charge is -2.59. The number of oxime groups is 1. The number of hydrogen-bond acceptors (Lipinski definition) is 11. The van der Waals surface area contributed by atoms with Gasteiger partial charge in [0.15, 0.2) is 0 Å². The van der Waals surface area contributed by atoms with Gasteiger partial charge in [0.1, 0.15) is 36.5 Å². The van der Waals surface area contributed by atoms with E-state index in [1.165, 1.54) is 12.1 Å². The molecule has 2 N–H and O–H groups in total. The first-order valence-electron chi connectivity index (χ1n) is 21.4. The van der Waals surface area contributed by atoms with Gasteiger partial charge in [-0.2, -0.15) is 0 Å². The first kappa shape index (κ1) is 44.0. The molecule has 13 heteroatoms. The Labute approximate surface area is 362 Å². The summed E-state index contributed by atoms with van der Waals surface area (Å²) in [7, 11) is 1.69. The van der Waals surface area contributed by atoms with E-state index in [-0.39, 0.29) is 62.9 Å². The minimum atomic E-state index is -1.47. The van der Waals surface area contributed by atoms with Gasteiger partial charge in [-0.1, -0.05) is 96.9 Å². The highest BCUT2D eigenvalue weighted by Crippen LogP contribution is 2.62. The summed E-state index contributed by atoms with van der Waals surface area (Å²) in [6.45, 7) is 4.52. The number of fused-ring (bicyclic) bond motifs is 2. The van der Waals surface area contributed by atoms with E-state index in [0.29, 0.717) is 35.8 Å². The van der Waals surface area contributed by atoms with Crippen LogP contribution in [0.2, 0.25) is 0 Å². The van der Waals surface area contributed by atoms with Gasteiger partial charge in [0.25, 0.3) is 5.69 Å². The van der Waals surface area contributed by atoms with Gasteiger partial charge < -0.3 is 38.9 Å². The van der Waals surface area contributed by atoms with Crippen LogP contribution in [0.1, 0.15) is 67.6 Å². The number of benzene rings is 4. The van der Waals surface area contributed by atoms with Crippen molar-refractivity contribution in [3.05, 3.63) is 154 Å². The molecule has 4 aromatic carbocycles. The Morgan fingerprint density at radius 1 is 0.919 bits per heavy atom. The van der Waals surface area contributed by atoms with Crippen LogP contribution in [-0.2, 0) is 27.5 Å². The SMILES string of the molecule is C=CCO[C@@]12Oc3ccc(Oc4cccc([N+](=O)[O-])c4)cc3[C@H]3[C@H](CCCCO)[C@@H](CCCCO)C=C(C(=NOCc4ccccc4)C[C@@H]1N(C)C(=O)OCc1ccccc1)[C@H]32. The van der Waals surface area contributed by atoms with E-state index >= 15 is 0 Å². The average molecular weight is 846 g/mol. The number of likely N-dealkylation sites (N-methyl/N-ethyl adjacent to an activating group) is 1. The summed E-state index contributed by atoms with van der Waals surface area (Å²) in [5.41, 5.74) is 4.08. The summed E-state index contributed by atoms with van der Waals surface area (Å²) in [6.07, 6.45) is 7.91. The molecule has 1 saturated carbocycles. The molecular weight excluding hydrogens is 791 g/mol. The number of aliphatic hydroxyl groups is 2. The first-order chi connectivity index (χ1) is 30.3. The van der Waals surface area contributed by atoms with Crippen LogP contribution >= 0.6 is 0 Å². The highest BCUT2D eigenvalue weighted by molar-refractivity contribution is 6.03. The molecule has 326 valence electrons. The Balaban J connectivity index is 1.38. The predicted octanol–water partition coefficient (Wildman–Crippen LogP) is 9.49. The summed E-state index contributed by atoms with van der Waals surface area (Å²) in [6, 6.07) is 30.1. The first-order valence-corrected chi connectivity index (χ1v) is 21.4. The molecule has 0 unspecified atom stereocenters. The van der Waals surface area contributed by atoms with E-state index in [0.717, 1.165) is 47.9 Å². The van der Waals surface area contributed by atoms with Crippen LogP contribution < -0.4 is 9.47 Å². The van der Waals surface area contributed by atoms with E-state index in [9.17, 15) is 25.1 Å². The van der Waals surface area contributed by atoms with E-state index in [2.05, 4.69) is 12.7 Å². The zero-order valence-electron chi connectivity index (χ0n) is 35.1. The fraction of sp³-hybridized carbons (Fsp3) is 0.388. The number of non-ortho nitro benzene ring substituents is 1. The molecule has 1 fully saturated rings. The molecule has 0 saturated heterocycles. The zero-order chi connectivity index (χ0) is 43.5. The van der Waals surface area contributed by atoms with Crippen molar-refractivity contribution in [2.45, 2.75) is 75.9 Å². The second-order valence-electron chi connectivity index (χ2n) is 16.0. The van der Waals surface area contributed by atoms with E-state index in [1.807, 2.05) is 72.8 Å². The third kappa shape index (κ3) is 9.86. The minimum Gasteiger partial charge on any atom is -0.459 e. The molecule has 7 rings (SSSR count). The number of carbonyl (C=O) groups is 1. The van der Waals surface area contributed by atoms with Gasteiger partial charge in [-0.15, -0.1) is 6.58 Å². The predicted molar refractivity (Wildman–Crippen MR) is 234 cm³/mol. The van der Waals surface area contributed by atoms with E-state index in [4.69, 9.17) is 28.9 Å². The minimum absolute atomic E-state index is 0.0167. The smallest absolute Gasteiger partial charge is 0.410 e. The number of nitro benzene ring substituents is 1. The molecule has 1 aliphatic heterocycles. The van der Waals surface area contributed by atoms with Crippen molar-refractivity contribution in [1.29, 1.82) is 0 Å². The van der Waals surface area contributed by atoms with Crippen LogP contribution in [0.15, 0.2) is 133 Å². The molecule has 1 heterocycles. The average Bonchev–Trinajstić information content (AvgIpc) is 3.29. The summed E-state index contributed by atoms with van der Waals surface area (Å²) >= 11 is 0. The Morgan fingerprint density at radius 3 is 2.31 bits per heavy atom. The molecule has 0 radical (unpaired) electrons. The van der Waals surface area contributed by atoms with Crippen molar-refractivity contribution in [2.24, 2.45) is 22.9 Å². The second-order valence-corrected chi connectivity index (χ2v) is 16.0. The van der Waals surface area contributed by atoms with Crippen molar-refractivity contribution in [1.82, 2.24) is 4.90 Å². The standard InChI is InChI=1S/C49H55N3O10/c1-3-27-59-49-45(51(2)48(55)58-32-34-15-6-4-7-16-34)31-43(50-60-33-35-17-8-5-9-18-35)41-28-36(19-10-12-25-53)40(22-11-13-26-54)46(47(41)49)42-30-39(23-24-44(42)62-49)61-38-21-14-20-37(29-38)52(56)57/h3-9,14-18,20-21,23-24,28-30,36,40,45-47,53-54H,1,10-13,19,22,25-27,31-33H2,2H3/t36-,40+,45-,46+,47+,49+/m0/s1. The van der Waals surface area contributed by atoms with Gasteiger partial charge >= 0.3 is 6.09 Å². The topological polar surface area (TPSA) is 162 Å². The zero-order valence-corrected chi connectivity index (χ0v) is 35.1. The van der Waals surface area contributed by atoms with Gasteiger partial charge in [-0.3, -0.25) is 10.1 Å².